The molecule has 0 radical (unpaired) electrons. The Bertz CT molecular complexity index is 772. The lowest BCUT2D eigenvalue weighted by Crippen LogP contribution is -2.49. The van der Waals surface area contributed by atoms with Crippen LogP contribution in [0.5, 0.6) is 0 Å². The molecule has 7 heteroatoms. The van der Waals surface area contributed by atoms with Gasteiger partial charge >= 0.3 is 0 Å². The van der Waals surface area contributed by atoms with Crippen LogP contribution in [-0.2, 0) is 11.3 Å². The molecule has 1 saturated heterocycles. The van der Waals surface area contributed by atoms with Gasteiger partial charge in [0.15, 0.2) is 0 Å². The molecular weight excluding hydrogens is 344 g/mol. The van der Waals surface area contributed by atoms with E-state index in [1.807, 2.05) is 6.07 Å². The number of nitro groups is 1. The van der Waals surface area contributed by atoms with Crippen molar-refractivity contribution in [3.05, 3.63) is 70.3 Å². The highest BCUT2D eigenvalue weighted by Gasteiger charge is 2.21. The van der Waals surface area contributed by atoms with E-state index < -0.39 is 4.92 Å². The molecule has 0 atom stereocenters. The van der Waals surface area contributed by atoms with Gasteiger partial charge < -0.3 is 4.90 Å². The zero-order chi connectivity index (χ0) is 19.2. The number of amides is 1. The van der Waals surface area contributed by atoms with Gasteiger partial charge in [0.25, 0.3) is 5.69 Å². The van der Waals surface area contributed by atoms with Crippen LogP contribution in [0.25, 0.3) is 0 Å². The first-order valence-corrected chi connectivity index (χ1v) is 9.02. The largest absolute Gasteiger partial charge is 0.314 e. The summed E-state index contributed by atoms with van der Waals surface area (Å²) in [5, 5.41) is 10.7. The number of rotatable bonds is 6. The molecule has 142 valence electrons. The molecule has 27 heavy (non-hydrogen) atoms. The zero-order valence-corrected chi connectivity index (χ0v) is 15.5. The van der Waals surface area contributed by atoms with Crippen LogP contribution in [0.15, 0.2) is 54.6 Å². The van der Waals surface area contributed by atoms with Crippen LogP contribution in [0.1, 0.15) is 5.56 Å². The Kier molecular flexibility index (Phi) is 6.16. The van der Waals surface area contributed by atoms with Crippen molar-refractivity contribution in [2.24, 2.45) is 0 Å². The first kappa shape index (κ1) is 19.0. The fourth-order valence-electron chi connectivity index (χ4n) is 3.19. The van der Waals surface area contributed by atoms with Gasteiger partial charge in [-0.1, -0.05) is 30.3 Å². The molecule has 0 unspecified atom stereocenters. The van der Waals surface area contributed by atoms with Crippen LogP contribution < -0.4 is 4.90 Å². The first-order chi connectivity index (χ1) is 13.0. The molecule has 2 aromatic carbocycles. The summed E-state index contributed by atoms with van der Waals surface area (Å²) in [5.41, 5.74) is 1.99. The van der Waals surface area contributed by atoms with Crippen molar-refractivity contribution in [1.82, 2.24) is 9.80 Å². The number of benzene rings is 2. The van der Waals surface area contributed by atoms with Crippen LogP contribution >= 0.6 is 0 Å². The third kappa shape index (κ3) is 5.12. The van der Waals surface area contributed by atoms with E-state index in [4.69, 9.17) is 0 Å². The number of carbonyl (C=O) groups is 1. The van der Waals surface area contributed by atoms with Crippen LogP contribution in [-0.4, -0.2) is 60.4 Å². The highest BCUT2D eigenvalue weighted by molar-refractivity contribution is 5.94. The van der Waals surface area contributed by atoms with Gasteiger partial charge in [-0.25, -0.2) is 0 Å². The van der Waals surface area contributed by atoms with Gasteiger partial charge in [-0.15, -0.1) is 0 Å². The molecule has 0 aliphatic carbocycles. The third-order valence-corrected chi connectivity index (χ3v) is 4.89. The summed E-state index contributed by atoms with van der Waals surface area (Å²) < 4.78 is 0. The SMILES string of the molecule is CN(C(=O)CN1CCN(Cc2ccccc2)CC1)c1ccc([N+](=O)[O-])cc1. The standard InChI is InChI=1S/C20H24N4O3/c1-21(18-7-9-19(10-8-18)24(26)27)20(25)16-23-13-11-22(12-14-23)15-17-5-3-2-4-6-17/h2-10H,11-16H2,1H3. The lowest BCUT2D eigenvalue weighted by Gasteiger charge is -2.35. The van der Waals surface area contributed by atoms with Gasteiger partial charge in [0.1, 0.15) is 0 Å². The summed E-state index contributed by atoms with van der Waals surface area (Å²) in [6, 6.07) is 16.4. The minimum atomic E-state index is -0.444. The third-order valence-electron chi connectivity index (χ3n) is 4.89. The number of carbonyl (C=O) groups excluding carboxylic acids is 1. The van der Waals surface area contributed by atoms with Crippen molar-refractivity contribution in [3.63, 3.8) is 0 Å². The Balaban J connectivity index is 1.48. The minimum Gasteiger partial charge on any atom is -0.314 e. The van der Waals surface area contributed by atoms with Gasteiger partial charge in [-0.2, -0.15) is 0 Å². The lowest BCUT2D eigenvalue weighted by molar-refractivity contribution is -0.384. The molecule has 7 nitrogen and oxygen atoms in total. The van der Waals surface area contributed by atoms with Gasteiger partial charge in [-0.3, -0.25) is 24.7 Å². The van der Waals surface area contributed by atoms with E-state index in [9.17, 15) is 14.9 Å². The second-order valence-corrected chi connectivity index (χ2v) is 6.76. The molecule has 1 fully saturated rings. The minimum absolute atomic E-state index is 0.0136. The molecule has 2 aromatic rings. The zero-order valence-electron chi connectivity index (χ0n) is 15.5. The Hall–Kier alpha value is -2.77. The molecule has 0 spiro atoms. The first-order valence-electron chi connectivity index (χ1n) is 9.02. The highest BCUT2D eigenvalue weighted by Crippen LogP contribution is 2.18. The van der Waals surface area contributed by atoms with E-state index >= 15 is 0 Å². The summed E-state index contributed by atoms with van der Waals surface area (Å²) in [6.07, 6.45) is 0. The predicted octanol–water partition coefficient (Wildman–Crippen LogP) is 2.38. The molecule has 1 aliphatic heterocycles. The van der Waals surface area contributed by atoms with Crippen LogP contribution in [0.4, 0.5) is 11.4 Å². The molecular formula is C20H24N4O3. The molecule has 0 bridgehead atoms. The fourth-order valence-corrected chi connectivity index (χ4v) is 3.19. The number of piperazine rings is 1. The van der Waals surface area contributed by atoms with E-state index in [0.29, 0.717) is 12.2 Å². The average molecular weight is 368 g/mol. The van der Waals surface area contributed by atoms with Gasteiger partial charge in [0, 0.05) is 57.6 Å². The molecule has 1 amide bonds. The average Bonchev–Trinajstić information content (AvgIpc) is 2.69. The van der Waals surface area contributed by atoms with E-state index in [1.54, 1.807) is 24.1 Å². The number of hydrogen-bond donors (Lipinski definition) is 0. The van der Waals surface area contributed by atoms with Crippen molar-refractivity contribution in [2.75, 3.05) is 44.7 Å². The molecule has 0 saturated carbocycles. The lowest BCUT2D eigenvalue weighted by atomic mass is 10.2. The van der Waals surface area contributed by atoms with Crippen molar-refractivity contribution < 1.29 is 9.72 Å². The summed E-state index contributed by atoms with van der Waals surface area (Å²) in [6.45, 7) is 4.87. The second-order valence-electron chi connectivity index (χ2n) is 6.76. The molecule has 1 aliphatic rings. The Morgan fingerprint density at radius 1 is 1.00 bits per heavy atom. The molecule has 1 heterocycles. The summed E-state index contributed by atoms with van der Waals surface area (Å²) in [5.74, 6) is -0.0136. The van der Waals surface area contributed by atoms with E-state index in [2.05, 4.69) is 34.1 Å². The number of non-ortho nitro benzene ring substituents is 1. The normalized spacial score (nSPS) is 15.4. The Morgan fingerprint density at radius 3 is 2.19 bits per heavy atom. The summed E-state index contributed by atoms with van der Waals surface area (Å²) in [7, 11) is 1.70. The maximum atomic E-state index is 12.5. The van der Waals surface area contributed by atoms with Gasteiger partial charge in [0.2, 0.25) is 5.91 Å². The molecule has 3 rings (SSSR count). The quantitative estimate of drug-likeness (QED) is 0.578. The van der Waals surface area contributed by atoms with Crippen LogP contribution in [0.2, 0.25) is 0 Å². The fraction of sp³-hybridized carbons (Fsp3) is 0.350. The number of nitro benzene ring substituents is 1. The van der Waals surface area contributed by atoms with E-state index in [1.165, 1.54) is 17.7 Å². The van der Waals surface area contributed by atoms with Crippen molar-refractivity contribution in [3.8, 4) is 0 Å². The van der Waals surface area contributed by atoms with Gasteiger partial charge in [0.05, 0.1) is 11.5 Å². The highest BCUT2D eigenvalue weighted by atomic mass is 16.6. The summed E-state index contributed by atoms with van der Waals surface area (Å²) >= 11 is 0. The predicted molar refractivity (Wildman–Crippen MR) is 105 cm³/mol. The Morgan fingerprint density at radius 2 is 1.59 bits per heavy atom. The van der Waals surface area contributed by atoms with Crippen molar-refractivity contribution in [2.45, 2.75) is 6.54 Å². The molecule has 0 N–H and O–H groups in total. The number of hydrogen-bond acceptors (Lipinski definition) is 5. The van der Waals surface area contributed by atoms with Gasteiger partial charge in [-0.05, 0) is 17.7 Å². The molecule has 0 aromatic heterocycles. The maximum Gasteiger partial charge on any atom is 0.269 e. The second kappa shape index (κ2) is 8.75. The van der Waals surface area contributed by atoms with Crippen molar-refractivity contribution >= 4 is 17.3 Å². The smallest absolute Gasteiger partial charge is 0.269 e. The number of anilines is 1. The Labute approximate surface area is 158 Å². The van der Waals surface area contributed by atoms with E-state index in [-0.39, 0.29) is 11.6 Å². The monoisotopic (exact) mass is 368 g/mol. The maximum absolute atomic E-state index is 12.5. The van der Waals surface area contributed by atoms with Crippen LogP contribution in [0, 0.1) is 10.1 Å². The number of likely N-dealkylation sites (N-methyl/N-ethyl adjacent to an activating group) is 1. The topological polar surface area (TPSA) is 69.9 Å². The van der Waals surface area contributed by atoms with E-state index in [0.717, 1.165) is 32.7 Å². The van der Waals surface area contributed by atoms with Crippen LogP contribution in [0.3, 0.4) is 0 Å². The van der Waals surface area contributed by atoms with Crippen molar-refractivity contribution in [1.29, 1.82) is 0 Å². The summed E-state index contributed by atoms with van der Waals surface area (Å²) in [4.78, 5) is 28.9. The number of nitrogens with zero attached hydrogens (tertiary/aromatic N) is 4.